The Hall–Kier alpha value is -1.74. The monoisotopic (exact) mass is 576 g/mol. The molecule has 2 saturated heterocycles. The molecule has 40 heavy (non-hydrogen) atoms. The van der Waals surface area contributed by atoms with Crippen molar-refractivity contribution in [2.75, 3.05) is 13.2 Å². The molecule has 0 radical (unpaired) electrons. The van der Waals surface area contributed by atoms with Crippen molar-refractivity contribution in [2.45, 2.75) is 111 Å². The Morgan fingerprint density at radius 2 is 1.75 bits per heavy atom. The largest absolute Gasteiger partial charge is 0.394 e. The average molecular weight is 577 g/mol. The Morgan fingerprint density at radius 3 is 2.33 bits per heavy atom. The van der Waals surface area contributed by atoms with E-state index in [0.717, 1.165) is 0 Å². The van der Waals surface area contributed by atoms with Crippen LogP contribution in [-0.4, -0.2) is 135 Å². The minimum absolute atomic E-state index is 0.0477. The lowest BCUT2D eigenvalue weighted by Crippen LogP contribution is -2.69. The molecule has 4 aliphatic rings. The summed E-state index contributed by atoms with van der Waals surface area (Å²) in [7, 11) is 0. The lowest BCUT2D eigenvalue weighted by atomic mass is 9.72. The molecule has 2 aliphatic carbocycles. The van der Waals surface area contributed by atoms with Crippen molar-refractivity contribution < 1.29 is 44.5 Å². The number of hydrogen-bond acceptors (Lipinski definition) is 14. The quantitative estimate of drug-likeness (QED) is 0.0943. The van der Waals surface area contributed by atoms with E-state index in [1.807, 2.05) is 0 Å². The van der Waals surface area contributed by atoms with Gasteiger partial charge in [-0.3, -0.25) is 4.79 Å². The van der Waals surface area contributed by atoms with E-state index in [2.05, 4.69) is 10.3 Å². The summed E-state index contributed by atoms with van der Waals surface area (Å²) in [5, 5.41) is 55.4. The summed E-state index contributed by atoms with van der Waals surface area (Å²) in [5.41, 5.74) is 33.6. The molecule has 18 N–H and O–H groups in total. The third-order valence-electron chi connectivity index (χ3n) is 8.54. The fraction of sp³-hybridized carbons (Fsp3) is 0.913. The van der Waals surface area contributed by atoms with E-state index in [9.17, 15) is 30.3 Å². The predicted molar refractivity (Wildman–Crippen MR) is 139 cm³/mol. The van der Waals surface area contributed by atoms with Crippen LogP contribution in [0, 0.1) is 5.92 Å². The number of nitrogens with two attached hydrogens (primary N) is 6. The second-order valence-electron chi connectivity index (χ2n) is 11.3. The Labute approximate surface area is 231 Å². The van der Waals surface area contributed by atoms with Gasteiger partial charge in [0.05, 0.1) is 43.0 Å². The smallest absolute Gasteiger partial charge is 0.253 e. The van der Waals surface area contributed by atoms with Crippen LogP contribution in [0.4, 0.5) is 0 Å². The Kier molecular flexibility index (Phi) is 9.55. The van der Waals surface area contributed by atoms with E-state index >= 15 is 0 Å². The number of rotatable bonds is 8. The van der Waals surface area contributed by atoms with Crippen molar-refractivity contribution in [1.29, 1.82) is 0 Å². The molecule has 0 spiro atoms. The first kappa shape index (κ1) is 31.2. The second kappa shape index (κ2) is 12.2. The fourth-order valence-corrected chi connectivity index (χ4v) is 6.02. The van der Waals surface area contributed by atoms with E-state index in [-0.39, 0.29) is 31.4 Å². The highest BCUT2D eigenvalue weighted by Crippen LogP contribution is 2.39. The lowest BCUT2D eigenvalue weighted by molar-refractivity contribution is -0.306. The summed E-state index contributed by atoms with van der Waals surface area (Å²) < 4.78 is 17.8. The Bertz CT molecular complexity index is 929. The molecule has 4 rings (SSSR count). The summed E-state index contributed by atoms with van der Waals surface area (Å²) >= 11 is 0. The van der Waals surface area contributed by atoms with Crippen LogP contribution in [0.2, 0.25) is 0 Å². The lowest BCUT2D eigenvalue weighted by Gasteiger charge is -2.50. The maximum atomic E-state index is 12.9. The number of aliphatic hydroxyl groups excluding tert-OH is 4. The van der Waals surface area contributed by atoms with Crippen LogP contribution in [0.3, 0.4) is 0 Å². The Balaban J connectivity index is 1.64. The first-order valence-electron chi connectivity index (χ1n) is 13.5. The van der Waals surface area contributed by atoms with Crippen molar-refractivity contribution in [3.05, 3.63) is 0 Å². The molecule has 17 heteroatoms. The highest BCUT2D eigenvalue weighted by atomic mass is 16.7. The number of hydrogen-bond donors (Lipinski definition) is 12. The van der Waals surface area contributed by atoms with Crippen LogP contribution in [0.1, 0.15) is 25.7 Å². The molecular weight excluding hydrogens is 532 g/mol. The summed E-state index contributed by atoms with van der Waals surface area (Å²) in [5.74, 6) is -1.77. The van der Waals surface area contributed by atoms with Crippen molar-refractivity contribution in [3.8, 4) is 0 Å². The fourth-order valence-electron chi connectivity index (χ4n) is 6.02. The molecule has 15 unspecified atom stereocenters. The third-order valence-corrected chi connectivity index (χ3v) is 8.54. The van der Waals surface area contributed by atoms with Crippen LogP contribution in [0.5, 0.6) is 0 Å². The van der Waals surface area contributed by atoms with Gasteiger partial charge in [0.25, 0.3) is 5.91 Å². The van der Waals surface area contributed by atoms with Crippen molar-refractivity contribution in [2.24, 2.45) is 45.3 Å². The zero-order valence-corrected chi connectivity index (χ0v) is 22.1. The first-order chi connectivity index (χ1) is 18.8. The minimum atomic E-state index is -1.77. The topological polar surface area (TPSA) is 326 Å². The number of carbonyl (C=O) groups is 1. The van der Waals surface area contributed by atoms with Crippen molar-refractivity contribution in [3.63, 3.8) is 0 Å². The van der Waals surface area contributed by atoms with E-state index in [0.29, 0.717) is 12.8 Å². The Morgan fingerprint density at radius 1 is 1.07 bits per heavy atom. The molecule has 2 aliphatic heterocycles. The molecule has 4 fully saturated rings. The van der Waals surface area contributed by atoms with Gasteiger partial charge < -0.3 is 79.5 Å². The number of amides is 1. The number of carbonyl (C=O) groups excluding carboxylic acids is 1. The normalized spacial score (nSPS) is 49.2. The highest BCUT2D eigenvalue weighted by molar-refractivity contribution is 5.89. The van der Waals surface area contributed by atoms with Crippen LogP contribution in [0.15, 0.2) is 4.99 Å². The summed E-state index contributed by atoms with van der Waals surface area (Å²) in [4.78, 5) is 17.2. The van der Waals surface area contributed by atoms with E-state index in [1.165, 1.54) is 0 Å². The van der Waals surface area contributed by atoms with Gasteiger partial charge in [0.1, 0.15) is 24.4 Å². The van der Waals surface area contributed by atoms with Gasteiger partial charge in [0.15, 0.2) is 17.9 Å². The van der Waals surface area contributed by atoms with Gasteiger partial charge in [-0.1, -0.05) is 0 Å². The zero-order valence-electron chi connectivity index (χ0n) is 22.1. The molecule has 2 heterocycles. The maximum Gasteiger partial charge on any atom is 0.253 e. The van der Waals surface area contributed by atoms with E-state index in [1.54, 1.807) is 0 Å². The van der Waals surface area contributed by atoms with Gasteiger partial charge in [-0.25, -0.2) is 4.99 Å². The number of guanidine groups is 1. The van der Waals surface area contributed by atoms with Gasteiger partial charge in [-0.2, -0.15) is 0 Å². The minimum Gasteiger partial charge on any atom is -0.394 e. The number of ether oxygens (including phenoxy) is 3. The zero-order chi connectivity index (χ0) is 29.5. The number of nitrogens with zero attached hydrogens (tertiary/aromatic N) is 1. The first-order valence-corrected chi connectivity index (χ1v) is 13.5. The predicted octanol–water partition coefficient (Wildman–Crippen LogP) is -7.06. The van der Waals surface area contributed by atoms with Crippen LogP contribution in [0.25, 0.3) is 0 Å². The molecule has 0 aromatic rings. The van der Waals surface area contributed by atoms with Crippen LogP contribution >= 0.6 is 0 Å². The van der Waals surface area contributed by atoms with Gasteiger partial charge in [0, 0.05) is 31.0 Å². The van der Waals surface area contributed by atoms with Crippen molar-refractivity contribution >= 4 is 11.9 Å². The number of aliphatic imine (C=N–C) groups is 1. The number of aliphatic hydroxyl groups is 5. The van der Waals surface area contributed by atoms with Crippen LogP contribution in [-0.2, 0) is 19.0 Å². The maximum absolute atomic E-state index is 12.9. The molecule has 2 saturated carbocycles. The molecule has 0 bridgehead atoms. The molecule has 1 amide bonds. The standard InChI is InChI=1S/C23H44N8O9/c24-5-7-1-2-9(31-22(28)29)18(38-7)13-8(25)3-10(30-21(36)23(37)4-12(23)26)19(16(13)34)40-20-17(35)14(27)15(33)11(6-32)39-20/h7-20,32-35,37H,1-6,24-27H2,(H,30,36)(H4,28,29,31). The summed E-state index contributed by atoms with van der Waals surface area (Å²) in [6.07, 6.45) is -8.30. The highest BCUT2D eigenvalue weighted by Gasteiger charge is 2.59. The summed E-state index contributed by atoms with van der Waals surface area (Å²) in [6, 6.07) is -4.31. The molecule has 230 valence electrons. The molecule has 0 aromatic carbocycles. The third kappa shape index (κ3) is 6.06. The van der Waals surface area contributed by atoms with E-state index in [4.69, 9.17) is 48.6 Å². The SMILES string of the molecule is NCC1CCC(N=C(N)N)C(C2C(N)CC(NC(=O)C3(O)CC3N)C(OC3OC(CO)C(O)C(N)C3O)C2O)O1. The van der Waals surface area contributed by atoms with E-state index < -0.39 is 97.2 Å². The summed E-state index contributed by atoms with van der Waals surface area (Å²) in [6.45, 7) is -0.407. The molecule has 0 aromatic heterocycles. The molecule has 15 atom stereocenters. The second-order valence-corrected chi connectivity index (χ2v) is 11.3. The van der Waals surface area contributed by atoms with Gasteiger partial charge in [-0.15, -0.1) is 0 Å². The van der Waals surface area contributed by atoms with Gasteiger partial charge in [0.2, 0.25) is 0 Å². The average Bonchev–Trinajstić information content (AvgIpc) is 3.53. The molecular formula is C23H44N8O9. The molecule has 17 nitrogen and oxygen atoms in total. The van der Waals surface area contributed by atoms with Crippen molar-refractivity contribution in [1.82, 2.24) is 5.32 Å². The van der Waals surface area contributed by atoms with Gasteiger partial charge in [-0.05, 0) is 19.3 Å². The van der Waals surface area contributed by atoms with Crippen LogP contribution < -0.4 is 39.7 Å². The number of nitrogens with one attached hydrogen (secondary N) is 1. The van der Waals surface area contributed by atoms with Gasteiger partial charge >= 0.3 is 0 Å².